The molecule has 1 aliphatic heterocycles. The molecule has 0 amide bonds. The number of hydrogen-bond donors (Lipinski definition) is 0. The van der Waals surface area contributed by atoms with Crippen LogP contribution in [0.3, 0.4) is 0 Å². The minimum Gasteiger partial charge on any atom is -0.296 e. The number of nitrogens with zero attached hydrogens (tertiary/aromatic N) is 2. The average molecular weight is 387 g/mol. The molecule has 0 spiro atoms. The Morgan fingerprint density at radius 3 is 2.36 bits per heavy atom. The molecule has 1 heterocycles. The van der Waals surface area contributed by atoms with Crippen molar-refractivity contribution >= 4 is 0 Å². The number of hydrogen-bond acceptors (Lipinski definition) is 2. The zero-order chi connectivity index (χ0) is 20.5. The molecular weight excluding hydrogens is 354 g/mol. The predicted molar refractivity (Wildman–Crippen MR) is 111 cm³/mol. The van der Waals surface area contributed by atoms with Crippen molar-refractivity contribution in [2.24, 2.45) is 0 Å². The van der Waals surface area contributed by atoms with Crippen molar-refractivity contribution in [2.75, 3.05) is 19.6 Å². The number of halogens is 2. The fourth-order valence-electron chi connectivity index (χ4n) is 4.29. The molecule has 1 saturated heterocycles. The summed E-state index contributed by atoms with van der Waals surface area (Å²) in [5, 5.41) is 0. The normalized spacial score (nSPS) is 19.4. The molecule has 2 nitrogen and oxygen atoms in total. The van der Waals surface area contributed by atoms with Gasteiger partial charge < -0.3 is 0 Å². The van der Waals surface area contributed by atoms with E-state index in [0.717, 1.165) is 25.2 Å². The van der Waals surface area contributed by atoms with Gasteiger partial charge in [-0.15, -0.1) is 0 Å². The third-order valence-electron chi connectivity index (χ3n) is 5.69. The van der Waals surface area contributed by atoms with Crippen LogP contribution in [0.4, 0.5) is 8.78 Å². The monoisotopic (exact) mass is 386 g/mol. The lowest BCUT2D eigenvalue weighted by Gasteiger charge is -2.49. The summed E-state index contributed by atoms with van der Waals surface area (Å²) >= 11 is 0. The zero-order valence-electron chi connectivity index (χ0n) is 17.7. The van der Waals surface area contributed by atoms with Crippen molar-refractivity contribution < 1.29 is 8.78 Å². The van der Waals surface area contributed by atoms with Crippen molar-refractivity contribution in [1.82, 2.24) is 9.80 Å². The van der Waals surface area contributed by atoms with Gasteiger partial charge in [-0.3, -0.25) is 9.80 Å². The highest BCUT2D eigenvalue weighted by Crippen LogP contribution is 2.36. The van der Waals surface area contributed by atoms with E-state index in [4.69, 9.17) is 0 Å². The van der Waals surface area contributed by atoms with Gasteiger partial charge in [0.05, 0.1) is 0 Å². The maximum absolute atomic E-state index is 13.6. The Morgan fingerprint density at radius 2 is 1.71 bits per heavy atom. The highest BCUT2D eigenvalue weighted by Gasteiger charge is 2.35. The molecule has 1 unspecified atom stereocenters. The Morgan fingerprint density at radius 1 is 1.00 bits per heavy atom. The van der Waals surface area contributed by atoms with Crippen LogP contribution < -0.4 is 0 Å². The quantitative estimate of drug-likeness (QED) is 0.660. The second-order valence-electron chi connectivity index (χ2n) is 9.15. The molecule has 1 fully saturated rings. The van der Waals surface area contributed by atoms with E-state index in [9.17, 15) is 8.78 Å². The third kappa shape index (κ3) is 4.61. The van der Waals surface area contributed by atoms with E-state index in [1.807, 2.05) is 0 Å². The van der Waals surface area contributed by atoms with Gasteiger partial charge in [0, 0.05) is 37.8 Å². The van der Waals surface area contributed by atoms with E-state index in [2.05, 4.69) is 68.7 Å². The number of piperazine rings is 1. The fraction of sp³-hybridized carbons (Fsp3) is 0.500. The summed E-state index contributed by atoms with van der Waals surface area (Å²) < 4.78 is 26.9. The summed E-state index contributed by atoms with van der Waals surface area (Å²) in [4.78, 5) is 4.94. The van der Waals surface area contributed by atoms with Crippen LogP contribution in [0.25, 0.3) is 0 Å². The third-order valence-corrected chi connectivity index (χ3v) is 5.69. The van der Waals surface area contributed by atoms with Gasteiger partial charge in [0.1, 0.15) is 0 Å². The van der Waals surface area contributed by atoms with Gasteiger partial charge in [-0.1, -0.05) is 44.2 Å². The van der Waals surface area contributed by atoms with Crippen LogP contribution in [-0.4, -0.2) is 35.0 Å². The van der Waals surface area contributed by atoms with Crippen LogP contribution >= 0.6 is 0 Å². The molecule has 0 aliphatic carbocycles. The Kier molecular flexibility index (Phi) is 6.21. The minimum absolute atomic E-state index is 0.0584. The predicted octanol–water partition coefficient (Wildman–Crippen LogP) is 5.75. The molecular formula is C24H32F2N2. The Hall–Kier alpha value is -1.78. The van der Waals surface area contributed by atoms with Crippen molar-refractivity contribution in [3.8, 4) is 0 Å². The first-order valence-corrected chi connectivity index (χ1v) is 10.2. The van der Waals surface area contributed by atoms with Crippen molar-refractivity contribution in [3.05, 3.63) is 70.8 Å². The fourth-order valence-corrected chi connectivity index (χ4v) is 4.29. The second-order valence-corrected chi connectivity index (χ2v) is 9.15. The first-order chi connectivity index (χ1) is 13.2. The number of rotatable bonds is 4. The number of benzene rings is 2. The summed E-state index contributed by atoms with van der Waals surface area (Å²) in [5.41, 5.74) is 3.64. The molecule has 4 heteroatoms. The maximum Gasteiger partial charge on any atom is 0.159 e. The Balaban J connectivity index is 1.89. The van der Waals surface area contributed by atoms with Crippen molar-refractivity contribution in [1.29, 1.82) is 0 Å². The first kappa shape index (κ1) is 20.9. The Bertz CT molecular complexity index is 810. The zero-order valence-corrected chi connectivity index (χ0v) is 17.7. The molecule has 1 atom stereocenters. The first-order valence-electron chi connectivity index (χ1n) is 10.2. The van der Waals surface area contributed by atoms with Crippen LogP contribution in [0.15, 0.2) is 42.5 Å². The van der Waals surface area contributed by atoms with E-state index in [1.54, 1.807) is 6.07 Å². The lowest BCUT2D eigenvalue weighted by Crippen LogP contribution is -2.55. The molecule has 1 aliphatic rings. The smallest absolute Gasteiger partial charge is 0.159 e. The summed E-state index contributed by atoms with van der Waals surface area (Å²) in [7, 11) is 0. The van der Waals surface area contributed by atoms with Gasteiger partial charge in [0.25, 0.3) is 0 Å². The summed E-state index contributed by atoms with van der Waals surface area (Å²) in [5.74, 6) is -1.10. The minimum atomic E-state index is -0.787. The highest BCUT2D eigenvalue weighted by molar-refractivity contribution is 5.33. The second kappa shape index (κ2) is 8.30. The van der Waals surface area contributed by atoms with E-state index < -0.39 is 11.6 Å². The molecule has 28 heavy (non-hydrogen) atoms. The molecule has 0 bridgehead atoms. The SMILES string of the molecule is CC(C)c1ccccc1C1CN(Cc2ccc(F)c(F)c2)CCN1C(C)(C)C. The molecule has 152 valence electrons. The lowest BCUT2D eigenvalue weighted by molar-refractivity contribution is 0.00552. The molecule has 0 saturated carbocycles. The van der Waals surface area contributed by atoms with Crippen LogP contribution in [0.1, 0.15) is 63.3 Å². The van der Waals surface area contributed by atoms with Gasteiger partial charge in [-0.2, -0.15) is 0 Å². The van der Waals surface area contributed by atoms with Gasteiger partial charge in [-0.25, -0.2) is 8.78 Å². The Labute approximate surface area is 168 Å². The van der Waals surface area contributed by atoms with E-state index in [1.165, 1.54) is 23.3 Å². The van der Waals surface area contributed by atoms with Gasteiger partial charge in [0.15, 0.2) is 11.6 Å². The van der Waals surface area contributed by atoms with E-state index >= 15 is 0 Å². The highest BCUT2D eigenvalue weighted by atomic mass is 19.2. The van der Waals surface area contributed by atoms with Gasteiger partial charge >= 0.3 is 0 Å². The average Bonchev–Trinajstić information content (AvgIpc) is 2.64. The standard InChI is InChI=1S/C24H32F2N2/c1-17(2)19-8-6-7-9-20(19)23-16-27(12-13-28(23)24(3,4)5)15-18-10-11-21(25)22(26)14-18/h6-11,14,17,23H,12-13,15-16H2,1-5H3. The molecule has 0 aromatic heterocycles. The maximum atomic E-state index is 13.6. The topological polar surface area (TPSA) is 6.48 Å². The largest absolute Gasteiger partial charge is 0.296 e. The molecule has 0 N–H and O–H groups in total. The van der Waals surface area contributed by atoms with E-state index in [-0.39, 0.29) is 11.6 Å². The van der Waals surface area contributed by atoms with Crippen LogP contribution in [0, 0.1) is 11.6 Å². The van der Waals surface area contributed by atoms with Crippen molar-refractivity contribution in [2.45, 2.75) is 58.7 Å². The molecule has 0 radical (unpaired) electrons. The van der Waals surface area contributed by atoms with Crippen LogP contribution in [-0.2, 0) is 6.54 Å². The molecule has 2 aromatic carbocycles. The summed E-state index contributed by atoms with van der Waals surface area (Å²) in [6.07, 6.45) is 0. The van der Waals surface area contributed by atoms with Gasteiger partial charge in [-0.05, 0) is 55.5 Å². The van der Waals surface area contributed by atoms with Crippen LogP contribution in [0.5, 0.6) is 0 Å². The van der Waals surface area contributed by atoms with Gasteiger partial charge in [0.2, 0.25) is 0 Å². The van der Waals surface area contributed by atoms with E-state index in [0.29, 0.717) is 12.5 Å². The summed E-state index contributed by atoms with van der Waals surface area (Å²) in [6, 6.07) is 13.2. The van der Waals surface area contributed by atoms with Crippen LogP contribution in [0.2, 0.25) is 0 Å². The molecule has 3 rings (SSSR count). The lowest BCUT2D eigenvalue weighted by atomic mass is 9.88. The molecule has 2 aromatic rings. The van der Waals surface area contributed by atoms with Crippen molar-refractivity contribution in [3.63, 3.8) is 0 Å². The summed E-state index contributed by atoms with van der Waals surface area (Å²) in [6.45, 7) is 14.6.